The lowest BCUT2D eigenvalue weighted by Gasteiger charge is -2.35. The van der Waals surface area contributed by atoms with Gasteiger partial charge in [0.05, 0.1) is 11.5 Å². The molecule has 1 heterocycles. The second-order valence-electron chi connectivity index (χ2n) is 7.95. The molecule has 1 aliphatic carbocycles. The van der Waals surface area contributed by atoms with Gasteiger partial charge < -0.3 is 9.47 Å². The molecule has 2 atom stereocenters. The molecule has 32 heavy (non-hydrogen) atoms. The highest BCUT2D eigenvalue weighted by atomic mass is 32.2. The van der Waals surface area contributed by atoms with Crippen molar-refractivity contribution in [3.8, 4) is 5.75 Å². The summed E-state index contributed by atoms with van der Waals surface area (Å²) >= 11 is 1.66. The van der Waals surface area contributed by atoms with Gasteiger partial charge in [-0.3, -0.25) is 9.79 Å². The number of carbonyl (C=O) groups excluding carboxylic acids is 2. The molecule has 0 saturated heterocycles. The number of esters is 1. The van der Waals surface area contributed by atoms with Gasteiger partial charge in [-0.25, -0.2) is 4.79 Å². The van der Waals surface area contributed by atoms with E-state index in [0.717, 1.165) is 34.8 Å². The van der Waals surface area contributed by atoms with Crippen molar-refractivity contribution in [2.45, 2.75) is 37.0 Å². The zero-order valence-electron chi connectivity index (χ0n) is 18.4. The van der Waals surface area contributed by atoms with Gasteiger partial charge in [0.2, 0.25) is 0 Å². The number of fused-ring (bicyclic) bond motifs is 1. The molecule has 6 heteroatoms. The standard InChI is InChI=1S/C26H27NO4S/c1-17-23(26(29)31-16-15-30-19-7-4-3-5-8-19)24(18-11-13-20(32-2)14-12-18)25-21(27-17)9-6-10-22(25)28/h3-5,7-8,11-14,24-25H,6,9-10,15-16H2,1-2H3. The van der Waals surface area contributed by atoms with Crippen LogP contribution in [0.15, 0.2) is 75.8 Å². The van der Waals surface area contributed by atoms with Crippen LogP contribution in [0.2, 0.25) is 0 Å². The number of carbonyl (C=O) groups is 2. The lowest BCUT2D eigenvalue weighted by Crippen LogP contribution is -2.39. The topological polar surface area (TPSA) is 65.0 Å². The molecule has 166 valence electrons. The molecule has 1 aliphatic heterocycles. The molecule has 2 aromatic rings. The van der Waals surface area contributed by atoms with E-state index in [9.17, 15) is 9.59 Å². The summed E-state index contributed by atoms with van der Waals surface area (Å²) in [7, 11) is 0. The highest BCUT2D eigenvalue weighted by Crippen LogP contribution is 2.43. The molecule has 5 nitrogen and oxygen atoms in total. The first-order chi connectivity index (χ1) is 15.6. The van der Waals surface area contributed by atoms with Crippen molar-refractivity contribution >= 4 is 29.2 Å². The molecule has 0 radical (unpaired) electrons. The maximum Gasteiger partial charge on any atom is 0.336 e. The number of hydrogen-bond acceptors (Lipinski definition) is 6. The van der Waals surface area contributed by atoms with E-state index in [0.29, 0.717) is 17.7 Å². The van der Waals surface area contributed by atoms with E-state index in [-0.39, 0.29) is 24.9 Å². The zero-order valence-corrected chi connectivity index (χ0v) is 19.2. The van der Waals surface area contributed by atoms with Crippen molar-refractivity contribution in [1.29, 1.82) is 0 Å². The Hall–Kier alpha value is -2.86. The van der Waals surface area contributed by atoms with Crippen LogP contribution < -0.4 is 4.74 Å². The number of ketones is 1. The van der Waals surface area contributed by atoms with Gasteiger partial charge in [-0.05, 0) is 55.9 Å². The van der Waals surface area contributed by atoms with E-state index >= 15 is 0 Å². The summed E-state index contributed by atoms with van der Waals surface area (Å²) in [5.41, 5.74) is 2.95. The maximum atomic E-state index is 13.2. The van der Waals surface area contributed by atoms with Crippen LogP contribution in [0.5, 0.6) is 5.75 Å². The molecular formula is C26H27NO4S. The van der Waals surface area contributed by atoms with E-state index in [1.165, 1.54) is 0 Å². The van der Waals surface area contributed by atoms with Gasteiger partial charge in [0.1, 0.15) is 24.7 Å². The van der Waals surface area contributed by atoms with Crippen molar-refractivity contribution in [1.82, 2.24) is 0 Å². The molecule has 0 amide bonds. The fourth-order valence-corrected chi connectivity index (χ4v) is 4.85. The monoisotopic (exact) mass is 449 g/mol. The molecule has 4 rings (SSSR count). The fourth-order valence-electron chi connectivity index (χ4n) is 4.45. The number of rotatable bonds is 7. The normalized spacial score (nSPS) is 20.4. The number of hydrogen-bond donors (Lipinski definition) is 0. The first kappa shape index (κ1) is 22.3. The van der Waals surface area contributed by atoms with E-state index in [1.807, 2.05) is 67.8 Å². The van der Waals surface area contributed by atoms with Crippen LogP contribution in [0, 0.1) is 5.92 Å². The highest BCUT2D eigenvalue weighted by Gasteiger charge is 2.43. The second-order valence-corrected chi connectivity index (χ2v) is 8.83. The Morgan fingerprint density at radius 2 is 1.78 bits per heavy atom. The van der Waals surface area contributed by atoms with Crippen LogP contribution in [0.25, 0.3) is 0 Å². The Morgan fingerprint density at radius 3 is 2.50 bits per heavy atom. The van der Waals surface area contributed by atoms with Crippen LogP contribution >= 0.6 is 11.8 Å². The van der Waals surface area contributed by atoms with Crippen molar-refractivity contribution in [3.63, 3.8) is 0 Å². The molecule has 2 unspecified atom stereocenters. The lowest BCUT2D eigenvalue weighted by molar-refractivity contribution is -0.140. The van der Waals surface area contributed by atoms with Crippen molar-refractivity contribution < 1.29 is 19.1 Å². The molecule has 2 aliphatic rings. The van der Waals surface area contributed by atoms with Crippen LogP contribution in [0.1, 0.15) is 37.7 Å². The highest BCUT2D eigenvalue weighted by molar-refractivity contribution is 7.98. The number of nitrogens with zero attached hydrogens (tertiary/aromatic N) is 1. The third-order valence-corrected chi connectivity index (χ3v) is 6.67. The van der Waals surface area contributed by atoms with Gasteiger partial charge in [-0.1, -0.05) is 30.3 Å². The van der Waals surface area contributed by atoms with Gasteiger partial charge in [0.25, 0.3) is 0 Å². The number of Topliss-reactive ketones (excluding diaryl/α,β-unsaturated/α-hetero) is 1. The largest absolute Gasteiger partial charge is 0.490 e. The summed E-state index contributed by atoms with van der Waals surface area (Å²) in [6.45, 7) is 2.21. The predicted molar refractivity (Wildman–Crippen MR) is 126 cm³/mol. The van der Waals surface area contributed by atoms with Crippen LogP contribution in [-0.2, 0) is 14.3 Å². The molecule has 0 bridgehead atoms. The molecule has 1 saturated carbocycles. The summed E-state index contributed by atoms with van der Waals surface area (Å²) in [6, 6.07) is 17.5. The van der Waals surface area contributed by atoms with E-state index in [2.05, 4.69) is 4.99 Å². The van der Waals surface area contributed by atoms with E-state index in [1.54, 1.807) is 11.8 Å². The smallest absolute Gasteiger partial charge is 0.336 e. The number of benzene rings is 2. The van der Waals surface area contributed by atoms with Gasteiger partial charge in [0.15, 0.2) is 0 Å². The van der Waals surface area contributed by atoms with Gasteiger partial charge in [-0.2, -0.15) is 0 Å². The minimum Gasteiger partial charge on any atom is -0.490 e. The number of para-hydroxylation sites is 1. The Labute approximate surface area is 192 Å². The molecule has 1 fully saturated rings. The summed E-state index contributed by atoms with van der Waals surface area (Å²) in [4.78, 5) is 32.0. The van der Waals surface area contributed by atoms with Crippen LogP contribution in [-0.4, -0.2) is 36.9 Å². The first-order valence-corrected chi connectivity index (χ1v) is 12.1. The second kappa shape index (κ2) is 10.2. The summed E-state index contributed by atoms with van der Waals surface area (Å²) in [6.07, 6.45) is 4.15. The van der Waals surface area contributed by atoms with Gasteiger partial charge in [-0.15, -0.1) is 11.8 Å². The SMILES string of the molecule is CSc1ccc(C2C(C(=O)OCCOc3ccccc3)=C(C)N=C3CCCC(=O)C32)cc1. The third-order valence-electron chi connectivity index (χ3n) is 5.93. The quantitative estimate of drug-likeness (QED) is 0.330. The Bertz CT molecular complexity index is 1040. The minimum absolute atomic E-state index is 0.123. The van der Waals surface area contributed by atoms with Crippen LogP contribution in [0.4, 0.5) is 0 Å². The molecule has 0 aromatic heterocycles. The first-order valence-electron chi connectivity index (χ1n) is 10.9. The Kier molecular flexibility index (Phi) is 7.10. The molecule has 0 spiro atoms. The van der Waals surface area contributed by atoms with Gasteiger partial charge >= 0.3 is 5.97 Å². The number of aliphatic imine (C=N–C) groups is 1. The fraction of sp³-hybridized carbons (Fsp3) is 0.346. The van der Waals surface area contributed by atoms with Crippen LogP contribution in [0.3, 0.4) is 0 Å². The minimum atomic E-state index is -0.431. The maximum absolute atomic E-state index is 13.2. The molecular weight excluding hydrogens is 422 g/mol. The van der Waals surface area contributed by atoms with E-state index < -0.39 is 11.9 Å². The summed E-state index contributed by atoms with van der Waals surface area (Å²) in [5, 5.41) is 0. The lowest BCUT2D eigenvalue weighted by atomic mass is 9.69. The van der Waals surface area contributed by atoms with Crippen molar-refractivity contribution in [2.75, 3.05) is 19.5 Å². The number of ether oxygens (including phenoxy) is 2. The van der Waals surface area contributed by atoms with Crippen molar-refractivity contribution in [3.05, 3.63) is 71.4 Å². The average molecular weight is 450 g/mol. The predicted octanol–water partition coefficient (Wildman–Crippen LogP) is 5.21. The van der Waals surface area contributed by atoms with Gasteiger partial charge in [0, 0.05) is 28.6 Å². The van der Waals surface area contributed by atoms with E-state index in [4.69, 9.17) is 9.47 Å². The Balaban J connectivity index is 1.56. The molecule has 0 N–H and O–H groups in total. The summed E-state index contributed by atoms with van der Waals surface area (Å²) in [5.74, 6) is -0.312. The van der Waals surface area contributed by atoms with Crippen molar-refractivity contribution in [2.24, 2.45) is 10.9 Å². The average Bonchev–Trinajstić information content (AvgIpc) is 2.82. The number of thioether (sulfide) groups is 1. The Morgan fingerprint density at radius 1 is 1.03 bits per heavy atom. The number of allylic oxidation sites excluding steroid dienone is 1. The summed E-state index contributed by atoms with van der Waals surface area (Å²) < 4.78 is 11.2. The zero-order chi connectivity index (χ0) is 22.5. The third kappa shape index (κ3) is 4.80. The molecule has 2 aromatic carbocycles.